The molecule has 0 saturated heterocycles. The van der Waals surface area contributed by atoms with Gasteiger partial charge in [0.25, 0.3) is 5.91 Å². The lowest BCUT2D eigenvalue weighted by Gasteiger charge is -2.25. The van der Waals surface area contributed by atoms with Crippen LogP contribution in [0.25, 0.3) is 0 Å². The van der Waals surface area contributed by atoms with Crippen molar-refractivity contribution in [3.8, 4) is 5.75 Å². The molecule has 2 aromatic rings. The molecule has 0 aliphatic carbocycles. The quantitative estimate of drug-likeness (QED) is 0.201. The van der Waals surface area contributed by atoms with Crippen molar-refractivity contribution >= 4 is 33.6 Å². The van der Waals surface area contributed by atoms with Gasteiger partial charge in [-0.05, 0) is 60.7 Å². The van der Waals surface area contributed by atoms with Crippen LogP contribution in [0, 0.1) is 5.92 Å². The first-order valence-electron chi connectivity index (χ1n) is 10.1. The molecule has 172 valence electrons. The predicted octanol–water partition coefficient (Wildman–Crippen LogP) is 4.59. The Morgan fingerprint density at radius 2 is 1.94 bits per heavy atom. The van der Waals surface area contributed by atoms with E-state index in [0.29, 0.717) is 24.3 Å². The van der Waals surface area contributed by atoms with Gasteiger partial charge in [0.2, 0.25) is 0 Å². The lowest BCUT2D eigenvalue weighted by molar-refractivity contribution is -0.124. The van der Waals surface area contributed by atoms with Crippen molar-refractivity contribution in [2.45, 2.75) is 25.9 Å². The normalized spacial score (nSPS) is 12.8. The van der Waals surface area contributed by atoms with Gasteiger partial charge < -0.3 is 14.6 Å². The van der Waals surface area contributed by atoms with Gasteiger partial charge in [-0.25, -0.2) is 10.3 Å². The second-order valence-corrected chi connectivity index (χ2v) is 7.95. The number of carbonyl (C=O) groups is 2. The molecule has 4 N–H and O–H groups in total. The summed E-state index contributed by atoms with van der Waals surface area (Å²) in [6.07, 6.45) is 2.87. The average Bonchev–Trinajstić information content (AvgIpc) is 2.80. The van der Waals surface area contributed by atoms with Crippen molar-refractivity contribution in [1.29, 1.82) is 0 Å². The van der Waals surface area contributed by atoms with E-state index in [1.165, 1.54) is 11.6 Å². The lowest BCUT2D eigenvalue weighted by Crippen LogP contribution is -2.22. The minimum Gasteiger partial charge on any atom is -0.491 e. The molecule has 9 heteroatoms. The molecule has 2 amide bonds. The monoisotopic (exact) mass is 506 g/mol. The van der Waals surface area contributed by atoms with E-state index in [-0.39, 0.29) is 19.1 Å². The Balaban J connectivity index is 2.14. The molecule has 0 aliphatic rings. The highest BCUT2D eigenvalue weighted by Crippen LogP contribution is 2.32. The van der Waals surface area contributed by atoms with Crippen LogP contribution in [0.3, 0.4) is 0 Å². The van der Waals surface area contributed by atoms with Gasteiger partial charge in [0, 0.05) is 16.2 Å². The SMILES string of the molecule is C[C@@H](CC/C=C/C(=O)NO)[C@@H](OC(=O)Nc1ccc(Br)cc1)c1cccc(OCCO)c1. The van der Waals surface area contributed by atoms with E-state index in [0.717, 1.165) is 10.0 Å². The Morgan fingerprint density at radius 1 is 1.19 bits per heavy atom. The fourth-order valence-electron chi connectivity index (χ4n) is 2.99. The van der Waals surface area contributed by atoms with Crippen LogP contribution in [0.1, 0.15) is 31.4 Å². The maximum absolute atomic E-state index is 12.6. The van der Waals surface area contributed by atoms with Crippen LogP contribution in [0.15, 0.2) is 65.2 Å². The number of rotatable bonds is 11. The van der Waals surface area contributed by atoms with Crippen LogP contribution in [0.2, 0.25) is 0 Å². The highest BCUT2D eigenvalue weighted by molar-refractivity contribution is 9.10. The maximum atomic E-state index is 12.6. The standard InChI is InChI=1S/C23H27BrN2O6/c1-16(5-2-3-8-21(28)26-30)22(17-6-4-7-20(15-17)31-14-13-27)32-23(29)25-19-11-9-18(24)10-12-19/h3-4,6-12,15-16,22,27,30H,2,5,13-14H2,1H3,(H,25,29)(H,26,28)/b8-3+/t16-,22+/m0/s1. The third-order valence-corrected chi connectivity index (χ3v) is 5.08. The van der Waals surface area contributed by atoms with E-state index >= 15 is 0 Å². The van der Waals surface area contributed by atoms with Crippen LogP contribution >= 0.6 is 15.9 Å². The molecule has 0 heterocycles. The first-order valence-corrected chi connectivity index (χ1v) is 10.9. The Hall–Kier alpha value is -2.88. The number of allylic oxidation sites excluding steroid dienone is 1. The van der Waals surface area contributed by atoms with Crippen LogP contribution in [-0.4, -0.2) is 35.5 Å². The first kappa shape index (κ1) is 25.4. The molecule has 2 atom stereocenters. The molecule has 2 rings (SSSR count). The molecule has 0 spiro atoms. The zero-order chi connectivity index (χ0) is 23.3. The second-order valence-electron chi connectivity index (χ2n) is 7.04. The third kappa shape index (κ3) is 8.70. The molecule has 0 radical (unpaired) electrons. The smallest absolute Gasteiger partial charge is 0.412 e. The largest absolute Gasteiger partial charge is 0.491 e. The Labute approximate surface area is 195 Å². The van der Waals surface area contributed by atoms with Crippen LogP contribution in [0.5, 0.6) is 5.75 Å². The summed E-state index contributed by atoms with van der Waals surface area (Å²) < 4.78 is 12.2. The van der Waals surface area contributed by atoms with E-state index < -0.39 is 18.1 Å². The van der Waals surface area contributed by atoms with Gasteiger partial charge in [-0.2, -0.15) is 0 Å². The molecule has 0 saturated carbocycles. The Bertz CT molecular complexity index is 904. The van der Waals surface area contributed by atoms with Gasteiger partial charge in [-0.3, -0.25) is 15.3 Å². The van der Waals surface area contributed by atoms with Gasteiger partial charge >= 0.3 is 6.09 Å². The summed E-state index contributed by atoms with van der Waals surface area (Å²) in [7, 11) is 0. The van der Waals surface area contributed by atoms with Gasteiger partial charge in [-0.1, -0.05) is 41.1 Å². The molecule has 8 nitrogen and oxygen atoms in total. The number of nitrogens with one attached hydrogen (secondary N) is 2. The number of aliphatic hydroxyl groups excluding tert-OH is 1. The number of benzene rings is 2. The summed E-state index contributed by atoms with van der Waals surface area (Å²) in [6, 6.07) is 14.3. The zero-order valence-corrected chi connectivity index (χ0v) is 19.2. The van der Waals surface area contributed by atoms with E-state index in [2.05, 4.69) is 21.2 Å². The number of halogens is 1. The number of carbonyl (C=O) groups excluding carboxylic acids is 2. The molecule has 2 aromatic carbocycles. The molecule has 0 unspecified atom stereocenters. The second kappa shape index (κ2) is 13.5. The molecular weight excluding hydrogens is 480 g/mol. The number of amides is 2. The molecule has 0 bridgehead atoms. The number of aliphatic hydroxyl groups is 1. The Morgan fingerprint density at radius 3 is 2.62 bits per heavy atom. The van der Waals surface area contributed by atoms with Crippen LogP contribution in [0.4, 0.5) is 10.5 Å². The summed E-state index contributed by atoms with van der Waals surface area (Å²) in [4.78, 5) is 23.7. The van der Waals surface area contributed by atoms with Crippen molar-refractivity contribution in [2.24, 2.45) is 5.92 Å². The average molecular weight is 507 g/mol. The van der Waals surface area contributed by atoms with Gasteiger partial charge in [-0.15, -0.1) is 0 Å². The number of hydrogen-bond acceptors (Lipinski definition) is 6. The molecule has 0 aromatic heterocycles. The topological polar surface area (TPSA) is 117 Å². The fourth-order valence-corrected chi connectivity index (χ4v) is 3.26. The van der Waals surface area contributed by atoms with Crippen molar-refractivity contribution in [1.82, 2.24) is 5.48 Å². The zero-order valence-electron chi connectivity index (χ0n) is 17.7. The maximum Gasteiger partial charge on any atom is 0.412 e. The van der Waals surface area contributed by atoms with Crippen molar-refractivity contribution < 1.29 is 29.4 Å². The van der Waals surface area contributed by atoms with Gasteiger partial charge in [0.1, 0.15) is 18.5 Å². The molecule has 0 aliphatic heterocycles. The molecule has 32 heavy (non-hydrogen) atoms. The van der Waals surface area contributed by atoms with Crippen molar-refractivity contribution in [3.05, 3.63) is 70.7 Å². The Kier molecular flexibility index (Phi) is 10.7. The minimum absolute atomic E-state index is 0.0967. The highest BCUT2D eigenvalue weighted by Gasteiger charge is 2.24. The minimum atomic E-state index is -0.604. The van der Waals surface area contributed by atoms with E-state index in [1.54, 1.807) is 36.4 Å². The van der Waals surface area contributed by atoms with Gasteiger partial charge in [0.15, 0.2) is 0 Å². The predicted molar refractivity (Wildman–Crippen MR) is 123 cm³/mol. The number of anilines is 1. The van der Waals surface area contributed by atoms with Crippen LogP contribution in [-0.2, 0) is 9.53 Å². The summed E-state index contributed by atoms with van der Waals surface area (Å²) in [5.74, 6) is -0.140. The van der Waals surface area contributed by atoms with Crippen molar-refractivity contribution in [2.75, 3.05) is 18.5 Å². The number of hydrogen-bond donors (Lipinski definition) is 4. The number of ether oxygens (including phenoxy) is 2. The highest BCUT2D eigenvalue weighted by atomic mass is 79.9. The van der Waals surface area contributed by atoms with E-state index in [4.69, 9.17) is 19.8 Å². The van der Waals surface area contributed by atoms with Gasteiger partial charge in [0.05, 0.1) is 6.61 Å². The first-order chi connectivity index (χ1) is 15.4. The summed E-state index contributed by atoms with van der Waals surface area (Å²) in [5, 5.41) is 20.3. The summed E-state index contributed by atoms with van der Waals surface area (Å²) in [6.45, 7) is 2.00. The fraction of sp³-hybridized carbons (Fsp3) is 0.304. The third-order valence-electron chi connectivity index (χ3n) is 4.56. The van der Waals surface area contributed by atoms with E-state index in [1.807, 2.05) is 25.1 Å². The number of hydroxylamine groups is 1. The van der Waals surface area contributed by atoms with Crippen molar-refractivity contribution in [3.63, 3.8) is 0 Å². The summed E-state index contributed by atoms with van der Waals surface area (Å²) in [5.41, 5.74) is 2.89. The molecular formula is C23H27BrN2O6. The van der Waals surface area contributed by atoms with Crippen LogP contribution < -0.4 is 15.5 Å². The molecule has 0 fully saturated rings. The summed E-state index contributed by atoms with van der Waals surface area (Å²) >= 11 is 3.35. The van der Waals surface area contributed by atoms with E-state index in [9.17, 15) is 9.59 Å². The lowest BCUT2D eigenvalue weighted by atomic mass is 9.93.